The van der Waals surface area contributed by atoms with Crippen molar-refractivity contribution in [2.45, 2.75) is 24.3 Å². The SMILES string of the molecule is CCOC(=O)[C@@H](C)Sc1nnc(-c2ccncc2)n1-c1ccccc1. The number of aromatic nitrogens is 4. The zero-order chi connectivity index (χ0) is 17.6. The van der Waals surface area contributed by atoms with Crippen LogP contribution >= 0.6 is 11.8 Å². The molecule has 0 radical (unpaired) electrons. The van der Waals surface area contributed by atoms with E-state index in [1.807, 2.05) is 47.0 Å². The van der Waals surface area contributed by atoms with E-state index in [4.69, 9.17) is 4.74 Å². The van der Waals surface area contributed by atoms with Crippen molar-refractivity contribution in [3.63, 3.8) is 0 Å². The molecule has 1 atom stereocenters. The van der Waals surface area contributed by atoms with Crippen molar-refractivity contribution < 1.29 is 9.53 Å². The average molecular weight is 354 g/mol. The minimum absolute atomic E-state index is 0.263. The summed E-state index contributed by atoms with van der Waals surface area (Å²) in [7, 11) is 0. The van der Waals surface area contributed by atoms with Gasteiger partial charge in [0.2, 0.25) is 0 Å². The fourth-order valence-electron chi connectivity index (χ4n) is 2.31. The molecule has 0 N–H and O–H groups in total. The fraction of sp³-hybridized carbons (Fsp3) is 0.222. The van der Waals surface area contributed by atoms with Crippen LogP contribution < -0.4 is 0 Å². The normalized spacial score (nSPS) is 11.9. The largest absolute Gasteiger partial charge is 0.465 e. The van der Waals surface area contributed by atoms with Crippen LogP contribution in [0.15, 0.2) is 60.0 Å². The molecule has 128 valence electrons. The van der Waals surface area contributed by atoms with Crippen LogP contribution in [0.4, 0.5) is 0 Å². The van der Waals surface area contributed by atoms with Crippen LogP contribution in [0, 0.1) is 0 Å². The lowest BCUT2D eigenvalue weighted by Crippen LogP contribution is -2.17. The summed E-state index contributed by atoms with van der Waals surface area (Å²) in [6.45, 7) is 3.96. The topological polar surface area (TPSA) is 69.9 Å². The number of esters is 1. The number of para-hydroxylation sites is 1. The van der Waals surface area contributed by atoms with Gasteiger partial charge in [-0.25, -0.2) is 0 Å². The first kappa shape index (κ1) is 17.2. The molecule has 3 aromatic rings. The highest BCUT2D eigenvalue weighted by Gasteiger charge is 2.22. The van der Waals surface area contributed by atoms with Crippen LogP contribution in [0.5, 0.6) is 0 Å². The van der Waals surface area contributed by atoms with Crippen molar-refractivity contribution in [1.82, 2.24) is 19.7 Å². The molecule has 25 heavy (non-hydrogen) atoms. The second-order valence-electron chi connectivity index (χ2n) is 5.23. The molecule has 2 aromatic heterocycles. The molecule has 6 nitrogen and oxygen atoms in total. The minimum atomic E-state index is -0.378. The lowest BCUT2D eigenvalue weighted by Gasteiger charge is -2.13. The van der Waals surface area contributed by atoms with Gasteiger partial charge in [-0.1, -0.05) is 30.0 Å². The van der Waals surface area contributed by atoms with Crippen LogP contribution in [-0.4, -0.2) is 37.6 Å². The Balaban J connectivity index is 2.02. The van der Waals surface area contributed by atoms with Crippen LogP contribution in [0.1, 0.15) is 13.8 Å². The van der Waals surface area contributed by atoms with Gasteiger partial charge in [0.1, 0.15) is 5.25 Å². The number of hydrogen-bond acceptors (Lipinski definition) is 6. The molecule has 0 aliphatic carbocycles. The van der Waals surface area contributed by atoms with E-state index in [1.165, 1.54) is 11.8 Å². The quantitative estimate of drug-likeness (QED) is 0.499. The van der Waals surface area contributed by atoms with Gasteiger partial charge in [0, 0.05) is 23.6 Å². The van der Waals surface area contributed by atoms with Gasteiger partial charge in [-0.05, 0) is 38.1 Å². The Labute approximate surface area is 150 Å². The van der Waals surface area contributed by atoms with Crippen molar-refractivity contribution in [1.29, 1.82) is 0 Å². The summed E-state index contributed by atoms with van der Waals surface area (Å²) in [5, 5.41) is 8.89. The van der Waals surface area contributed by atoms with Crippen LogP contribution in [0.2, 0.25) is 0 Å². The third-order valence-electron chi connectivity index (χ3n) is 3.49. The third kappa shape index (κ3) is 3.88. The number of rotatable bonds is 6. The molecule has 0 bridgehead atoms. The number of nitrogens with zero attached hydrogens (tertiary/aromatic N) is 4. The van der Waals surface area contributed by atoms with Gasteiger partial charge in [-0.2, -0.15) is 0 Å². The molecule has 7 heteroatoms. The van der Waals surface area contributed by atoms with Crippen LogP contribution in [0.25, 0.3) is 17.1 Å². The van der Waals surface area contributed by atoms with Crippen molar-refractivity contribution in [2.24, 2.45) is 0 Å². The zero-order valence-corrected chi connectivity index (χ0v) is 14.8. The second kappa shape index (κ2) is 7.94. The molecule has 0 amide bonds. The molecule has 0 spiro atoms. The van der Waals surface area contributed by atoms with Gasteiger partial charge in [-0.3, -0.25) is 14.3 Å². The van der Waals surface area contributed by atoms with Crippen molar-refractivity contribution in [3.8, 4) is 17.1 Å². The summed E-state index contributed by atoms with van der Waals surface area (Å²) < 4.78 is 7.03. The lowest BCUT2D eigenvalue weighted by molar-refractivity contribution is -0.142. The Bertz CT molecular complexity index is 837. The first-order valence-electron chi connectivity index (χ1n) is 7.95. The Morgan fingerprint density at radius 3 is 2.56 bits per heavy atom. The van der Waals surface area contributed by atoms with Crippen molar-refractivity contribution in [2.75, 3.05) is 6.61 Å². The molecular formula is C18H18N4O2S. The maximum atomic E-state index is 12.0. The second-order valence-corrected chi connectivity index (χ2v) is 6.53. The lowest BCUT2D eigenvalue weighted by atomic mass is 10.2. The summed E-state index contributed by atoms with van der Waals surface area (Å²) in [6.07, 6.45) is 3.43. The molecule has 3 rings (SSSR count). The first-order valence-corrected chi connectivity index (χ1v) is 8.83. The highest BCUT2D eigenvalue weighted by atomic mass is 32.2. The molecule has 1 aromatic carbocycles. The predicted octanol–water partition coefficient (Wildman–Crippen LogP) is 3.37. The number of hydrogen-bond donors (Lipinski definition) is 0. The molecular weight excluding hydrogens is 336 g/mol. The van der Waals surface area contributed by atoms with Gasteiger partial charge >= 0.3 is 5.97 Å². The van der Waals surface area contributed by atoms with E-state index >= 15 is 0 Å². The fourth-order valence-corrected chi connectivity index (χ4v) is 3.18. The van der Waals surface area contributed by atoms with Crippen molar-refractivity contribution in [3.05, 3.63) is 54.9 Å². The van der Waals surface area contributed by atoms with E-state index in [-0.39, 0.29) is 11.2 Å². The highest BCUT2D eigenvalue weighted by Crippen LogP contribution is 2.30. The Hall–Kier alpha value is -2.67. The van der Waals surface area contributed by atoms with E-state index < -0.39 is 0 Å². The monoisotopic (exact) mass is 354 g/mol. The molecule has 0 aliphatic heterocycles. The number of carbonyl (C=O) groups excluding carboxylic acids is 1. The number of pyridine rings is 1. The molecule has 0 unspecified atom stereocenters. The van der Waals surface area contributed by atoms with E-state index in [1.54, 1.807) is 26.2 Å². The summed E-state index contributed by atoms with van der Waals surface area (Å²) in [4.78, 5) is 16.0. The third-order valence-corrected chi connectivity index (χ3v) is 4.51. The minimum Gasteiger partial charge on any atom is -0.465 e. The average Bonchev–Trinajstić information content (AvgIpc) is 3.07. The standard InChI is InChI=1S/C18H18N4O2S/c1-3-24-17(23)13(2)25-18-21-20-16(14-9-11-19-12-10-14)22(18)15-7-5-4-6-8-15/h4-13H,3H2,1-2H3/t13-/m1/s1. The van der Waals surface area contributed by atoms with E-state index in [2.05, 4.69) is 15.2 Å². The number of ether oxygens (including phenoxy) is 1. The van der Waals surface area contributed by atoms with Crippen LogP contribution in [-0.2, 0) is 9.53 Å². The summed E-state index contributed by atoms with van der Waals surface area (Å²) in [5.41, 5.74) is 1.83. The van der Waals surface area contributed by atoms with Crippen molar-refractivity contribution >= 4 is 17.7 Å². The number of carbonyl (C=O) groups is 1. The molecule has 2 heterocycles. The summed E-state index contributed by atoms with van der Waals surface area (Å²) in [5.74, 6) is 0.438. The predicted molar refractivity (Wildman–Crippen MR) is 96.5 cm³/mol. The zero-order valence-electron chi connectivity index (χ0n) is 14.0. The van der Waals surface area contributed by atoms with Gasteiger partial charge in [0.05, 0.1) is 6.61 Å². The Kier molecular flexibility index (Phi) is 5.45. The Morgan fingerprint density at radius 1 is 1.16 bits per heavy atom. The smallest absolute Gasteiger partial charge is 0.319 e. The van der Waals surface area contributed by atoms with E-state index in [9.17, 15) is 4.79 Å². The maximum absolute atomic E-state index is 12.0. The Morgan fingerprint density at radius 2 is 1.88 bits per heavy atom. The van der Waals surface area contributed by atoms with Gasteiger partial charge in [0.25, 0.3) is 0 Å². The maximum Gasteiger partial charge on any atom is 0.319 e. The van der Waals surface area contributed by atoms with E-state index in [0.29, 0.717) is 17.6 Å². The van der Waals surface area contributed by atoms with E-state index in [0.717, 1.165) is 11.3 Å². The van der Waals surface area contributed by atoms with Gasteiger partial charge < -0.3 is 4.74 Å². The van der Waals surface area contributed by atoms with Gasteiger partial charge in [0.15, 0.2) is 11.0 Å². The summed E-state index contributed by atoms with van der Waals surface area (Å²) in [6, 6.07) is 13.6. The first-order chi connectivity index (χ1) is 12.2. The van der Waals surface area contributed by atoms with Gasteiger partial charge in [-0.15, -0.1) is 10.2 Å². The molecule has 0 saturated carbocycles. The number of benzene rings is 1. The molecule has 0 aliphatic rings. The highest BCUT2D eigenvalue weighted by molar-refractivity contribution is 8.00. The molecule has 0 saturated heterocycles. The molecule has 0 fully saturated rings. The number of thioether (sulfide) groups is 1. The van der Waals surface area contributed by atoms with Crippen LogP contribution in [0.3, 0.4) is 0 Å². The summed E-state index contributed by atoms with van der Waals surface area (Å²) >= 11 is 1.33.